The zero-order valence-corrected chi connectivity index (χ0v) is 8.83. The van der Waals surface area contributed by atoms with Gasteiger partial charge in [-0.3, -0.25) is 4.98 Å². The van der Waals surface area contributed by atoms with Gasteiger partial charge in [-0.15, -0.1) is 0 Å². The summed E-state index contributed by atoms with van der Waals surface area (Å²) in [5.41, 5.74) is 0.709. The summed E-state index contributed by atoms with van der Waals surface area (Å²) in [4.78, 5) is 7.51. The largest absolute Gasteiger partial charge is 0.280 e. The molecular formula is C11H7ClF2N2. The van der Waals surface area contributed by atoms with Crippen molar-refractivity contribution in [1.82, 2.24) is 9.97 Å². The van der Waals surface area contributed by atoms with E-state index in [0.717, 1.165) is 0 Å². The third-order valence-corrected chi connectivity index (χ3v) is 2.31. The maximum absolute atomic E-state index is 12.7. The van der Waals surface area contributed by atoms with Crippen molar-refractivity contribution in [3.8, 4) is 11.1 Å². The second kappa shape index (κ2) is 4.53. The molecule has 0 spiro atoms. The van der Waals surface area contributed by atoms with Gasteiger partial charge in [0.05, 0.1) is 0 Å². The highest BCUT2D eigenvalue weighted by Gasteiger charge is 2.15. The molecule has 0 aromatic carbocycles. The van der Waals surface area contributed by atoms with Crippen LogP contribution < -0.4 is 0 Å². The second-order valence-electron chi connectivity index (χ2n) is 3.11. The summed E-state index contributed by atoms with van der Waals surface area (Å²) in [5, 5.41) is 0.325. The van der Waals surface area contributed by atoms with Crippen molar-refractivity contribution in [2.24, 2.45) is 0 Å². The Balaban J connectivity index is 2.51. The SMILES string of the molecule is FC(F)c1ncccc1-c1ccc(Cl)nc1. The van der Waals surface area contributed by atoms with Crippen molar-refractivity contribution in [1.29, 1.82) is 0 Å². The standard InChI is InChI=1S/C11H7ClF2N2/c12-9-4-3-7(6-16-9)8-2-1-5-15-10(8)11(13)14/h1-6,11H. The molecule has 2 aromatic heterocycles. The molecule has 0 atom stereocenters. The molecule has 5 heteroatoms. The average molecular weight is 241 g/mol. The molecule has 2 rings (SSSR count). The van der Waals surface area contributed by atoms with Crippen molar-refractivity contribution in [2.45, 2.75) is 6.43 Å². The minimum atomic E-state index is -2.60. The lowest BCUT2D eigenvalue weighted by Crippen LogP contribution is -1.94. The first-order valence-electron chi connectivity index (χ1n) is 4.53. The number of pyridine rings is 2. The molecule has 0 amide bonds. The van der Waals surface area contributed by atoms with E-state index in [9.17, 15) is 8.78 Å². The molecule has 82 valence electrons. The zero-order valence-electron chi connectivity index (χ0n) is 8.07. The lowest BCUT2D eigenvalue weighted by Gasteiger charge is -2.06. The molecular weight excluding hydrogens is 234 g/mol. The van der Waals surface area contributed by atoms with Gasteiger partial charge in [0.15, 0.2) is 0 Å². The summed E-state index contributed by atoms with van der Waals surface area (Å²) in [5.74, 6) is 0. The minimum Gasteiger partial charge on any atom is -0.255 e. The van der Waals surface area contributed by atoms with E-state index in [1.807, 2.05) is 0 Å². The first-order valence-corrected chi connectivity index (χ1v) is 4.91. The predicted molar refractivity (Wildman–Crippen MR) is 57.4 cm³/mol. The van der Waals surface area contributed by atoms with Crippen LogP contribution in [0.15, 0.2) is 36.7 Å². The van der Waals surface area contributed by atoms with E-state index in [2.05, 4.69) is 9.97 Å². The normalized spacial score (nSPS) is 10.8. The number of aromatic nitrogens is 2. The van der Waals surface area contributed by atoms with E-state index in [0.29, 0.717) is 16.3 Å². The molecule has 0 aliphatic heterocycles. The van der Waals surface area contributed by atoms with Gasteiger partial charge in [0.25, 0.3) is 6.43 Å². The number of nitrogens with zero attached hydrogens (tertiary/aromatic N) is 2. The molecule has 16 heavy (non-hydrogen) atoms. The number of hydrogen-bond donors (Lipinski definition) is 0. The molecule has 0 bridgehead atoms. The fraction of sp³-hybridized carbons (Fsp3) is 0.0909. The minimum absolute atomic E-state index is 0.244. The average Bonchev–Trinajstić information content (AvgIpc) is 2.30. The highest BCUT2D eigenvalue weighted by molar-refractivity contribution is 6.29. The van der Waals surface area contributed by atoms with Gasteiger partial charge in [0.2, 0.25) is 0 Å². The van der Waals surface area contributed by atoms with Crippen molar-refractivity contribution in [3.05, 3.63) is 47.5 Å². The molecule has 0 fully saturated rings. The van der Waals surface area contributed by atoms with Crippen LogP contribution in [0.3, 0.4) is 0 Å². The van der Waals surface area contributed by atoms with E-state index in [1.54, 1.807) is 24.3 Å². The van der Waals surface area contributed by atoms with Crippen LogP contribution in [0.1, 0.15) is 12.1 Å². The zero-order chi connectivity index (χ0) is 11.5. The monoisotopic (exact) mass is 240 g/mol. The molecule has 0 saturated heterocycles. The van der Waals surface area contributed by atoms with Crippen molar-refractivity contribution in [2.75, 3.05) is 0 Å². The summed E-state index contributed by atoms with van der Waals surface area (Å²) in [6.07, 6.45) is 0.186. The van der Waals surface area contributed by atoms with E-state index in [4.69, 9.17) is 11.6 Å². The van der Waals surface area contributed by atoms with E-state index < -0.39 is 6.43 Å². The van der Waals surface area contributed by atoms with Crippen molar-refractivity contribution in [3.63, 3.8) is 0 Å². The van der Waals surface area contributed by atoms with E-state index in [1.165, 1.54) is 12.4 Å². The first kappa shape index (κ1) is 11.0. The Morgan fingerprint density at radius 1 is 1.12 bits per heavy atom. The molecule has 0 unspecified atom stereocenters. The first-order chi connectivity index (χ1) is 7.68. The molecule has 0 saturated carbocycles. The van der Waals surface area contributed by atoms with Gasteiger partial charge in [-0.25, -0.2) is 13.8 Å². The fourth-order valence-corrected chi connectivity index (χ4v) is 1.48. The quantitative estimate of drug-likeness (QED) is 0.748. The van der Waals surface area contributed by atoms with Gasteiger partial charge in [-0.1, -0.05) is 17.7 Å². The van der Waals surface area contributed by atoms with E-state index in [-0.39, 0.29) is 5.69 Å². The predicted octanol–water partition coefficient (Wildman–Crippen LogP) is 3.73. The van der Waals surface area contributed by atoms with Crippen molar-refractivity contribution >= 4 is 11.6 Å². The van der Waals surface area contributed by atoms with Crippen LogP contribution in [0, 0.1) is 0 Å². The smallest absolute Gasteiger partial charge is 0.255 e. The molecule has 0 radical (unpaired) electrons. The summed E-state index contributed by atoms with van der Waals surface area (Å²) >= 11 is 5.63. The molecule has 2 aromatic rings. The van der Waals surface area contributed by atoms with Gasteiger partial charge in [-0.2, -0.15) is 0 Å². The lowest BCUT2D eigenvalue weighted by atomic mass is 10.1. The summed E-state index contributed by atoms with van der Waals surface area (Å²) in [6.45, 7) is 0. The Morgan fingerprint density at radius 3 is 2.56 bits per heavy atom. The topological polar surface area (TPSA) is 25.8 Å². The number of alkyl halides is 2. The van der Waals surface area contributed by atoms with Crippen LogP contribution in [-0.2, 0) is 0 Å². The van der Waals surface area contributed by atoms with Gasteiger partial charge in [-0.05, 0) is 18.2 Å². The van der Waals surface area contributed by atoms with Crippen LogP contribution >= 0.6 is 11.6 Å². The Labute approximate surface area is 95.9 Å². The Kier molecular flexibility index (Phi) is 3.10. The van der Waals surface area contributed by atoms with Crippen LogP contribution in [0.25, 0.3) is 11.1 Å². The Morgan fingerprint density at radius 2 is 1.94 bits per heavy atom. The van der Waals surface area contributed by atoms with Crippen LogP contribution in [-0.4, -0.2) is 9.97 Å². The number of hydrogen-bond acceptors (Lipinski definition) is 2. The molecule has 0 aliphatic carbocycles. The highest BCUT2D eigenvalue weighted by atomic mass is 35.5. The van der Waals surface area contributed by atoms with Crippen LogP contribution in [0.2, 0.25) is 5.15 Å². The fourth-order valence-electron chi connectivity index (χ4n) is 1.37. The van der Waals surface area contributed by atoms with Gasteiger partial charge in [0, 0.05) is 23.5 Å². The Hall–Kier alpha value is -1.55. The highest BCUT2D eigenvalue weighted by Crippen LogP contribution is 2.28. The van der Waals surface area contributed by atoms with Crippen molar-refractivity contribution < 1.29 is 8.78 Å². The lowest BCUT2D eigenvalue weighted by molar-refractivity contribution is 0.147. The summed E-state index contributed by atoms with van der Waals surface area (Å²) < 4.78 is 25.4. The number of rotatable bonds is 2. The van der Waals surface area contributed by atoms with Gasteiger partial charge in [0.1, 0.15) is 10.8 Å². The summed E-state index contributed by atoms with van der Waals surface area (Å²) in [6, 6.07) is 6.38. The maximum atomic E-state index is 12.7. The van der Waals surface area contributed by atoms with Crippen LogP contribution in [0.5, 0.6) is 0 Å². The van der Waals surface area contributed by atoms with E-state index >= 15 is 0 Å². The molecule has 2 nitrogen and oxygen atoms in total. The summed E-state index contributed by atoms with van der Waals surface area (Å²) in [7, 11) is 0. The van der Waals surface area contributed by atoms with Gasteiger partial charge < -0.3 is 0 Å². The third kappa shape index (κ3) is 2.17. The molecule has 0 aliphatic rings. The molecule has 0 N–H and O–H groups in total. The molecule has 2 heterocycles. The third-order valence-electron chi connectivity index (χ3n) is 2.08. The van der Waals surface area contributed by atoms with Gasteiger partial charge >= 0.3 is 0 Å². The Bertz CT molecular complexity index is 486. The number of halogens is 3. The van der Waals surface area contributed by atoms with Crippen LogP contribution in [0.4, 0.5) is 8.78 Å². The maximum Gasteiger partial charge on any atom is 0.280 e. The second-order valence-corrected chi connectivity index (χ2v) is 3.49.